The van der Waals surface area contributed by atoms with Crippen molar-refractivity contribution in [3.8, 4) is 0 Å². The highest BCUT2D eigenvalue weighted by Crippen LogP contribution is 2.01. The molecule has 2 N–H and O–H groups in total. The molecule has 0 radical (unpaired) electrons. The lowest BCUT2D eigenvalue weighted by Gasteiger charge is -2.32. The summed E-state index contributed by atoms with van der Waals surface area (Å²) in [5.41, 5.74) is 1.39. The summed E-state index contributed by atoms with van der Waals surface area (Å²) in [6, 6.07) is 5.22. The highest BCUT2D eigenvalue weighted by Gasteiger charge is 2.31. The molecule has 0 amide bonds. The van der Waals surface area contributed by atoms with Crippen LogP contribution in [-0.2, 0) is 6.54 Å². The van der Waals surface area contributed by atoms with Gasteiger partial charge in [0, 0.05) is 43.6 Å². The van der Waals surface area contributed by atoms with Crippen LogP contribution in [0.3, 0.4) is 0 Å². The second-order valence-electron chi connectivity index (χ2n) is 5.93. The predicted octanol–water partition coefficient (Wildman–Crippen LogP) is -0.692. The van der Waals surface area contributed by atoms with Crippen molar-refractivity contribution in [3.63, 3.8) is 0 Å². The lowest BCUT2D eigenvalue weighted by Crippen LogP contribution is -3.19. The van der Waals surface area contributed by atoms with Crippen molar-refractivity contribution in [1.82, 2.24) is 4.98 Å². The largest absolute Gasteiger partial charge is 0.332 e. The van der Waals surface area contributed by atoms with Crippen molar-refractivity contribution in [1.29, 1.82) is 0 Å². The van der Waals surface area contributed by atoms with Gasteiger partial charge < -0.3 is 9.80 Å². The van der Waals surface area contributed by atoms with Crippen molar-refractivity contribution in [2.24, 2.45) is 0 Å². The molecule has 1 aromatic heterocycles. The number of pyridine rings is 1. The van der Waals surface area contributed by atoms with E-state index < -0.39 is 0 Å². The zero-order valence-electron chi connectivity index (χ0n) is 11.2. The molecule has 3 rings (SSSR count). The summed E-state index contributed by atoms with van der Waals surface area (Å²) >= 11 is 0. The highest BCUT2D eigenvalue weighted by molar-refractivity contribution is 5.06. The normalized spacial score (nSPS) is 29.6. The lowest BCUT2D eigenvalue weighted by molar-refractivity contribution is -0.957. The Morgan fingerprint density at radius 3 is 2.56 bits per heavy atom. The van der Waals surface area contributed by atoms with Crippen molar-refractivity contribution in [3.05, 3.63) is 30.1 Å². The fourth-order valence-electron chi connectivity index (χ4n) is 3.64. The fraction of sp³-hybridized carbons (Fsp3) is 0.667. The third-order valence-electron chi connectivity index (χ3n) is 4.69. The molecule has 0 spiro atoms. The molecule has 0 atom stereocenters. The first kappa shape index (κ1) is 12.1. The summed E-state index contributed by atoms with van der Waals surface area (Å²) < 4.78 is 0. The molecule has 3 heteroatoms. The maximum absolute atomic E-state index is 4.21. The van der Waals surface area contributed by atoms with Gasteiger partial charge in [-0.15, -0.1) is 0 Å². The van der Waals surface area contributed by atoms with Crippen LogP contribution in [0.4, 0.5) is 0 Å². The first-order valence-electron chi connectivity index (χ1n) is 7.49. The number of aromatic nitrogens is 1. The predicted molar refractivity (Wildman–Crippen MR) is 71.6 cm³/mol. The average molecular weight is 247 g/mol. The molecular weight excluding hydrogens is 222 g/mol. The van der Waals surface area contributed by atoms with Crippen LogP contribution in [0, 0.1) is 0 Å². The lowest BCUT2D eigenvalue weighted by atomic mass is 10.0. The molecule has 0 aliphatic carbocycles. The van der Waals surface area contributed by atoms with E-state index in [0.29, 0.717) is 0 Å². The van der Waals surface area contributed by atoms with E-state index in [2.05, 4.69) is 17.1 Å². The van der Waals surface area contributed by atoms with Gasteiger partial charge in [-0.1, -0.05) is 6.07 Å². The van der Waals surface area contributed by atoms with E-state index in [1.54, 1.807) is 4.90 Å². The van der Waals surface area contributed by atoms with Crippen LogP contribution in [0.1, 0.15) is 31.2 Å². The third kappa shape index (κ3) is 2.90. The first-order chi connectivity index (χ1) is 8.92. The fourth-order valence-corrected chi connectivity index (χ4v) is 3.64. The molecular formula is C15H25N3+2. The standard InChI is InChI=1S/C15H23N3/c1-2-9-18(8-1)15-5-10-17(11-6-15)13-14-4-3-7-16-12-14/h3-4,7,12,15H,1-2,5-6,8-11,13H2/p+2. The number of piperidine rings is 1. The molecule has 1 aromatic rings. The Labute approximate surface area is 110 Å². The van der Waals surface area contributed by atoms with Gasteiger partial charge in [-0.2, -0.15) is 0 Å². The van der Waals surface area contributed by atoms with E-state index >= 15 is 0 Å². The van der Waals surface area contributed by atoms with E-state index in [1.165, 1.54) is 57.4 Å². The number of nitrogens with zero attached hydrogens (tertiary/aromatic N) is 1. The summed E-state index contributed by atoms with van der Waals surface area (Å²) in [5, 5.41) is 0. The summed E-state index contributed by atoms with van der Waals surface area (Å²) in [6.45, 7) is 6.73. The molecule has 2 aliphatic heterocycles. The molecule has 2 saturated heterocycles. The zero-order chi connectivity index (χ0) is 12.2. The van der Waals surface area contributed by atoms with Gasteiger partial charge in [0.15, 0.2) is 0 Å². The van der Waals surface area contributed by atoms with E-state index in [-0.39, 0.29) is 0 Å². The Morgan fingerprint density at radius 1 is 1.11 bits per heavy atom. The van der Waals surface area contributed by atoms with Gasteiger partial charge in [0.25, 0.3) is 0 Å². The molecule has 98 valence electrons. The van der Waals surface area contributed by atoms with Crippen molar-refractivity contribution < 1.29 is 9.80 Å². The molecule has 0 aromatic carbocycles. The second-order valence-corrected chi connectivity index (χ2v) is 5.93. The van der Waals surface area contributed by atoms with Crippen LogP contribution in [-0.4, -0.2) is 37.2 Å². The molecule has 0 saturated carbocycles. The van der Waals surface area contributed by atoms with Crippen molar-refractivity contribution in [2.45, 2.75) is 38.3 Å². The summed E-state index contributed by atoms with van der Waals surface area (Å²) in [7, 11) is 0. The van der Waals surface area contributed by atoms with Gasteiger partial charge in [0.1, 0.15) is 6.54 Å². The van der Waals surface area contributed by atoms with E-state index in [9.17, 15) is 0 Å². The average Bonchev–Trinajstić information content (AvgIpc) is 2.95. The SMILES string of the molecule is c1cncc(C[NH+]2CCC([NH+]3CCCC3)CC2)c1. The van der Waals surface area contributed by atoms with Gasteiger partial charge in [0.05, 0.1) is 32.2 Å². The van der Waals surface area contributed by atoms with Crippen molar-refractivity contribution in [2.75, 3.05) is 26.2 Å². The quantitative estimate of drug-likeness (QED) is 0.725. The first-order valence-corrected chi connectivity index (χ1v) is 7.49. The summed E-state index contributed by atoms with van der Waals surface area (Å²) in [5.74, 6) is 0. The Morgan fingerprint density at radius 2 is 1.89 bits per heavy atom. The van der Waals surface area contributed by atoms with Gasteiger partial charge >= 0.3 is 0 Å². The maximum atomic E-state index is 4.21. The topological polar surface area (TPSA) is 21.8 Å². The number of likely N-dealkylation sites (tertiary alicyclic amines) is 2. The Kier molecular flexibility index (Phi) is 3.91. The number of hydrogen-bond acceptors (Lipinski definition) is 1. The Hall–Kier alpha value is -0.930. The molecule has 3 nitrogen and oxygen atoms in total. The van der Waals surface area contributed by atoms with E-state index in [0.717, 1.165) is 12.6 Å². The minimum absolute atomic E-state index is 0.963. The number of quaternary nitrogens is 2. The van der Waals surface area contributed by atoms with Crippen LogP contribution < -0.4 is 9.80 Å². The Bertz CT molecular complexity index is 351. The Balaban J connectivity index is 1.48. The van der Waals surface area contributed by atoms with Crippen LogP contribution in [0.2, 0.25) is 0 Å². The minimum Gasteiger partial charge on any atom is -0.332 e. The van der Waals surface area contributed by atoms with Gasteiger partial charge in [-0.25, -0.2) is 0 Å². The molecule has 0 bridgehead atoms. The number of nitrogens with one attached hydrogen (secondary N) is 2. The van der Waals surface area contributed by atoms with Gasteiger partial charge in [-0.05, 0) is 6.07 Å². The van der Waals surface area contributed by atoms with E-state index in [1.807, 2.05) is 17.3 Å². The van der Waals surface area contributed by atoms with Gasteiger partial charge in [0.2, 0.25) is 0 Å². The second kappa shape index (κ2) is 5.81. The van der Waals surface area contributed by atoms with Crippen LogP contribution in [0.25, 0.3) is 0 Å². The molecule has 0 unspecified atom stereocenters. The number of rotatable bonds is 3. The van der Waals surface area contributed by atoms with Crippen LogP contribution >= 0.6 is 0 Å². The van der Waals surface area contributed by atoms with Crippen LogP contribution in [0.5, 0.6) is 0 Å². The highest BCUT2D eigenvalue weighted by atomic mass is 15.2. The van der Waals surface area contributed by atoms with Crippen molar-refractivity contribution >= 4 is 0 Å². The molecule has 2 aliphatic rings. The van der Waals surface area contributed by atoms with Gasteiger partial charge in [-0.3, -0.25) is 4.98 Å². The number of hydrogen-bond donors (Lipinski definition) is 2. The minimum atomic E-state index is 0.963. The van der Waals surface area contributed by atoms with Crippen LogP contribution in [0.15, 0.2) is 24.5 Å². The monoisotopic (exact) mass is 247 g/mol. The molecule has 2 fully saturated rings. The zero-order valence-corrected chi connectivity index (χ0v) is 11.2. The maximum Gasteiger partial charge on any atom is 0.104 e. The molecule has 3 heterocycles. The summed E-state index contributed by atoms with van der Waals surface area (Å²) in [6.07, 6.45) is 9.64. The third-order valence-corrected chi connectivity index (χ3v) is 4.69. The summed E-state index contributed by atoms with van der Waals surface area (Å²) in [4.78, 5) is 7.86. The van der Waals surface area contributed by atoms with E-state index in [4.69, 9.17) is 0 Å². The smallest absolute Gasteiger partial charge is 0.104 e. The molecule has 18 heavy (non-hydrogen) atoms.